The first-order chi connectivity index (χ1) is 14.5. The Morgan fingerprint density at radius 1 is 1.19 bits per heavy atom. The summed E-state index contributed by atoms with van der Waals surface area (Å²) in [7, 11) is 0. The van der Waals surface area contributed by atoms with Crippen LogP contribution >= 0.6 is 0 Å². The molecule has 3 rings (SSSR count). The van der Waals surface area contributed by atoms with Crippen LogP contribution < -0.4 is 10.6 Å². The molecule has 0 radical (unpaired) electrons. The van der Waals surface area contributed by atoms with Gasteiger partial charge in [-0.1, -0.05) is 0 Å². The Morgan fingerprint density at radius 3 is 2.35 bits per heavy atom. The Kier molecular flexibility index (Phi) is 6.52. The summed E-state index contributed by atoms with van der Waals surface area (Å²) in [6.45, 7) is 6.71. The Bertz CT molecular complexity index is 854. The number of cyclic esters (lactones) is 1. The normalized spacial score (nSPS) is 19.8. The van der Waals surface area contributed by atoms with E-state index in [1.165, 1.54) is 4.90 Å². The number of amidine groups is 1. The van der Waals surface area contributed by atoms with Crippen LogP contribution in [0, 0.1) is 11.3 Å². The molecule has 9 nitrogen and oxygen atoms in total. The maximum Gasteiger partial charge on any atom is 0.415 e. The third kappa shape index (κ3) is 5.74. The van der Waals surface area contributed by atoms with E-state index in [2.05, 4.69) is 0 Å². The molecule has 2 fully saturated rings. The van der Waals surface area contributed by atoms with Crippen molar-refractivity contribution in [2.45, 2.75) is 51.7 Å². The van der Waals surface area contributed by atoms with Crippen molar-refractivity contribution in [3.05, 3.63) is 29.8 Å². The van der Waals surface area contributed by atoms with Crippen LogP contribution in [0.3, 0.4) is 0 Å². The van der Waals surface area contributed by atoms with Crippen LogP contribution in [-0.4, -0.2) is 60.0 Å². The number of nitrogens with zero attached hydrogens (tertiary/aromatic N) is 2. The fraction of sp³-hybridized carbons (Fsp3) is 0.545. The van der Waals surface area contributed by atoms with Crippen LogP contribution in [0.5, 0.6) is 0 Å². The van der Waals surface area contributed by atoms with Crippen LogP contribution in [0.25, 0.3) is 0 Å². The van der Waals surface area contributed by atoms with Crippen molar-refractivity contribution in [2.24, 2.45) is 11.7 Å². The zero-order valence-electron chi connectivity index (χ0n) is 18.2. The second-order valence-electron chi connectivity index (χ2n) is 9.00. The lowest BCUT2D eigenvalue weighted by Crippen LogP contribution is -2.45. The molecule has 0 aliphatic carbocycles. The molecule has 1 aromatic carbocycles. The second-order valence-corrected chi connectivity index (χ2v) is 9.00. The predicted molar refractivity (Wildman–Crippen MR) is 115 cm³/mol. The molecule has 0 aromatic heterocycles. The maximum atomic E-state index is 12.9. The van der Waals surface area contributed by atoms with Crippen LogP contribution in [0.4, 0.5) is 10.5 Å². The molecular formula is C22H30N4O5. The molecule has 0 saturated carbocycles. The zero-order valence-corrected chi connectivity index (χ0v) is 18.2. The molecule has 0 bridgehead atoms. The summed E-state index contributed by atoms with van der Waals surface area (Å²) in [5.41, 5.74) is 6.09. The number of piperidine rings is 1. The quantitative estimate of drug-likeness (QED) is 0.419. The van der Waals surface area contributed by atoms with Gasteiger partial charge in [-0.3, -0.25) is 19.9 Å². The van der Waals surface area contributed by atoms with Gasteiger partial charge in [0.25, 0.3) is 5.91 Å². The molecule has 9 heteroatoms. The number of carbonyl (C=O) groups is 3. The minimum absolute atomic E-state index is 0.0568. The van der Waals surface area contributed by atoms with Gasteiger partial charge in [0.05, 0.1) is 6.54 Å². The van der Waals surface area contributed by atoms with Gasteiger partial charge in [0.1, 0.15) is 11.4 Å². The molecule has 0 spiro atoms. The Morgan fingerprint density at radius 2 is 1.81 bits per heavy atom. The number of hydrogen-bond donors (Lipinski definition) is 2. The molecular weight excluding hydrogens is 400 g/mol. The van der Waals surface area contributed by atoms with Crippen molar-refractivity contribution in [1.29, 1.82) is 5.41 Å². The summed E-state index contributed by atoms with van der Waals surface area (Å²) in [6.07, 6.45) is 0.335. The lowest BCUT2D eigenvalue weighted by atomic mass is 9.93. The van der Waals surface area contributed by atoms with Gasteiger partial charge in [0.2, 0.25) is 0 Å². The summed E-state index contributed by atoms with van der Waals surface area (Å²) in [6, 6.07) is 6.64. The first-order valence-corrected chi connectivity index (χ1v) is 10.5. The van der Waals surface area contributed by atoms with Crippen LogP contribution in [0.1, 0.15) is 45.6 Å². The topological polar surface area (TPSA) is 126 Å². The van der Waals surface area contributed by atoms with E-state index >= 15 is 0 Å². The summed E-state index contributed by atoms with van der Waals surface area (Å²) < 4.78 is 10.7. The minimum atomic E-state index is -0.859. The number of nitrogens with two attached hydrogens (primary N) is 1. The second kappa shape index (κ2) is 8.95. The molecule has 2 aliphatic heterocycles. The van der Waals surface area contributed by atoms with Crippen LogP contribution in [0.2, 0.25) is 0 Å². The highest BCUT2D eigenvalue weighted by Crippen LogP contribution is 2.26. The monoisotopic (exact) mass is 430 g/mol. The van der Waals surface area contributed by atoms with E-state index in [4.69, 9.17) is 20.6 Å². The number of rotatable bonds is 5. The number of hydrogen-bond acceptors (Lipinski definition) is 6. The van der Waals surface area contributed by atoms with Crippen LogP contribution in [0.15, 0.2) is 24.3 Å². The number of amides is 2. The van der Waals surface area contributed by atoms with E-state index < -0.39 is 17.8 Å². The Hall–Kier alpha value is -3.10. The lowest BCUT2D eigenvalue weighted by Gasteiger charge is -2.33. The van der Waals surface area contributed by atoms with Crippen LogP contribution in [-0.2, 0) is 19.1 Å². The molecule has 2 aliphatic rings. The van der Waals surface area contributed by atoms with E-state index in [-0.39, 0.29) is 30.2 Å². The molecule has 3 N–H and O–H groups in total. The van der Waals surface area contributed by atoms with Crippen molar-refractivity contribution < 1.29 is 23.9 Å². The van der Waals surface area contributed by atoms with Gasteiger partial charge < -0.3 is 20.1 Å². The van der Waals surface area contributed by atoms with Gasteiger partial charge in [0.15, 0.2) is 6.10 Å². The first kappa shape index (κ1) is 22.6. The minimum Gasteiger partial charge on any atom is -0.460 e. The van der Waals surface area contributed by atoms with Gasteiger partial charge in [0, 0.05) is 30.8 Å². The van der Waals surface area contributed by atoms with Gasteiger partial charge in [-0.25, -0.2) is 4.79 Å². The third-order valence-electron chi connectivity index (χ3n) is 5.38. The van der Waals surface area contributed by atoms with Crippen molar-refractivity contribution in [2.75, 3.05) is 24.5 Å². The predicted octanol–water partition coefficient (Wildman–Crippen LogP) is 2.27. The van der Waals surface area contributed by atoms with Gasteiger partial charge in [-0.15, -0.1) is 0 Å². The molecule has 2 heterocycles. The van der Waals surface area contributed by atoms with Gasteiger partial charge in [-0.2, -0.15) is 0 Å². The van der Waals surface area contributed by atoms with Crippen molar-refractivity contribution in [3.8, 4) is 0 Å². The molecule has 31 heavy (non-hydrogen) atoms. The van der Waals surface area contributed by atoms with E-state index in [1.54, 1.807) is 29.2 Å². The van der Waals surface area contributed by atoms with E-state index in [0.717, 1.165) is 0 Å². The SMILES string of the molecule is CC(C)(C)OC(=O)CC1CCN(C(=O)C2CN(c3ccc(C(=N)N)cc3)C(=O)O2)CC1. The summed E-state index contributed by atoms with van der Waals surface area (Å²) in [5.74, 6) is -0.305. The molecule has 2 amide bonds. The fourth-order valence-electron chi connectivity index (χ4n) is 3.80. The maximum absolute atomic E-state index is 12.9. The number of nitrogens with one attached hydrogen (secondary N) is 1. The van der Waals surface area contributed by atoms with E-state index in [1.807, 2.05) is 20.8 Å². The van der Waals surface area contributed by atoms with Crippen molar-refractivity contribution in [1.82, 2.24) is 4.90 Å². The standard InChI is InChI=1S/C22H30N4O5/c1-22(2,3)31-18(27)12-14-8-10-25(11-9-14)20(28)17-13-26(21(29)30-17)16-6-4-15(5-7-16)19(23)24/h4-7,14,17H,8-13H2,1-3H3,(H3,23,24). The molecule has 168 valence electrons. The largest absolute Gasteiger partial charge is 0.460 e. The lowest BCUT2D eigenvalue weighted by molar-refractivity contribution is -0.156. The number of likely N-dealkylation sites (tertiary alicyclic amines) is 1. The van der Waals surface area contributed by atoms with E-state index in [9.17, 15) is 14.4 Å². The Labute approximate surface area is 182 Å². The number of anilines is 1. The number of nitrogen functional groups attached to an aromatic ring is 1. The van der Waals surface area contributed by atoms with Gasteiger partial charge >= 0.3 is 12.1 Å². The van der Waals surface area contributed by atoms with Crippen molar-refractivity contribution >= 4 is 29.5 Å². The number of esters is 1. The Balaban J connectivity index is 1.52. The summed E-state index contributed by atoms with van der Waals surface area (Å²) >= 11 is 0. The van der Waals surface area contributed by atoms with Crippen molar-refractivity contribution in [3.63, 3.8) is 0 Å². The molecule has 1 unspecified atom stereocenters. The third-order valence-corrected chi connectivity index (χ3v) is 5.38. The molecule has 1 aromatic rings. The number of benzene rings is 1. The summed E-state index contributed by atoms with van der Waals surface area (Å²) in [4.78, 5) is 40.3. The molecule has 2 saturated heterocycles. The highest BCUT2D eigenvalue weighted by molar-refractivity contribution is 5.97. The first-order valence-electron chi connectivity index (χ1n) is 10.5. The van der Waals surface area contributed by atoms with Gasteiger partial charge in [-0.05, 0) is 63.8 Å². The number of ether oxygens (including phenoxy) is 2. The zero-order chi connectivity index (χ0) is 22.8. The van der Waals surface area contributed by atoms with E-state index in [0.29, 0.717) is 43.6 Å². The summed E-state index contributed by atoms with van der Waals surface area (Å²) in [5, 5.41) is 7.44. The number of carbonyl (C=O) groups excluding carboxylic acids is 3. The average molecular weight is 431 g/mol. The highest BCUT2D eigenvalue weighted by Gasteiger charge is 2.40. The highest BCUT2D eigenvalue weighted by atomic mass is 16.6. The molecule has 1 atom stereocenters. The fourth-order valence-corrected chi connectivity index (χ4v) is 3.80. The smallest absolute Gasteiger partial charge is 0.415 e. The average Bonchev–Trinajstić information content (AvgIpc) is 3.08.